The molecule has 2 fully saturated rings. The lowest BCUT2D eigenvalue weighted by Crippen LogP contribution is -2.80. The molecule has 3 aliphatic rings. The van der Waals surface area contributed by atoms with Crippen LogP contribution in [0, 0.1) is 11.8 Å². The van der Waals surface area contributed by atoms with Gasteiger partial charge in [0, 0.05) is 5.92 Å². The maximum Gasteiger partial charge on any atom is 0.339 e. The molecule has 0 radical (unpaired) electrons. The Hall–Kier alpha value is -1.62. The Morgan fingerprint density at radius 2 is 2.32 bits per heavy atom. The van der Waals surface area contributed by atoms with Gasteiger partial charge in [0.15, 0.2) is 5.60 Å². The number of rotatable bonds is 4. The number of aliphatic hydroxyl groups is 1. The normalized spacial score (nSPS) is 41.8. The fourth-order valence-corrected chi connectivity index (χ4v) is 4.08. The number of ether oxygens (including phenoxy) is 1. The van der Waals surface area contributed by atoms with Crippen LogP contribution in [0.4, 0.5) is 0 Å². The van der Waals surface area contributed by atoms with E-state index in [9.17, 15) is 14.7 Å². The van der Waals surface area contributed by atoms with E-state index in [0.717, 1.165) is 19.3 Å². The smallest absolute Gasteiger partial charge is 0.339 e. The molecular weight excluding hydrogens is 282 g/mol. The highest BCUT2D eigenvalue weighted by molar-refractivity contribution is 6.02. The summed E-state index contributed by atoms with van der Waals surface area (Å²) in [5.74, 6) is -1.31. The van der Waals surface area contributed by atoms with Crippen LogP contribution in [-0.4, -0.2) is 34.2 Å². The van der Waals surface area contributed by atoms with Crippen molar-refractivity contribution in [1.29, 1.82) is 0 Å². The molecule has 1 amide bonds. The van der Waals surface area contributed by atoms with Gasteiger partial charge in [0.25, 0.3) is 0 Å². The molecule has 2 N–H and O–H groups in total. The molecule has 0 bridgehead atoms. The lowest BCUT2D eigenvalue weighted by Gasteiger charge is -2.54. The molecule has 120 valence electrons. The van der Waals surface area contributed by atoms with Crippen molar-refractivity contribution in [3.63, 3.8) is 0 Å². The van der Waals surface area contributed by atoms with Crippen LogP contribution in [0.15, 0.2) is 24.3 Å². The number of nitrogens with one attached hydrogen (secondary N) is 1. The van der Waals surface area contributed by atoms with Gasteiger partial charge in [-0.15, -0.1) is 0 Å². The Morgan fingerprint density at radius 1 is 1.55 bits per heavy atom. The predicted octanol–water partition coefficient (Wildman–Crippen LogP) is 1.47. The van der Waals surface area contributed by atoms with Gasteiger partial charge in [0.1, 0.15) is 0 Å². The molecule has 1 aliphatic carbocycles. The van der Waals surface area contributed by atoms with E-state index in [1.165, 1.54) is 0 Å². The molecule has 0 unspecified atom stereocenters. The first-order chi connectivity index (χ1) is 10.5. The fraction of sp³-hybridized carbons (Fsp3) is 0.647. The summed E-state index contributed by atoms with van der Waals surface area (Å²) in [6, 6.07) is 0. The van der Waals surface area contributed by atoms with E-state index in [4.69, 9.17) is 4.74 Å². The Labute approximate surface area is 130 Å². The number of hydrogen-bond acceptors (Lipinski definition) is 4. The third-order valence-electron chi connectivity index (χ3n) is 5.46. The predicted molar refractivity (Wildman–Crippen MR) is 80.8 cm³/mol. The summed E-state index contributed by atoms with van der Waals surface area (Å²) in [5.41, 5.74) is -2.28. The van der Waals surface area contributed by atoms with E-state index < -0.39 is 29.1 Å². The summed E-state index contributed by atoms with van der Waals surface area (Å²) in [4.78, 5) is 24.6. The van der Waals surface area contributed by atoms with E-state index in [1.807, 2.05) is 31.2 Å². The number of fused-ring (bicyclic) bond motifs is 1. The maximum absolute atomic E-state index is 12.4. The standard InChI is InChI=1S/C17H23NO4/c1-3-4-10-12-14(20)18-17(15(21)22-16(12,17)2)13(19)11-8-6-5-7-9-11/h3-4,6,8,11-13,19H,5,7,9-10H2,1-2H3,(H,18,20)/b4-3+/t11-,12+,13+,16+,17+/m1/s1. The van der Waals surface area contributed by atoms with Crippen molar-refractivity contribution in [2.45, 2.75) is 56.8 Å². The van der Waals surface area contributed by atoms with Gasteiger partial charge in [0.2, 0.25) is 11.4 Å². The highest BCUT2D eigenvalue weighted by Crippen LogP contribution is 2.53. The van der Waals surface area contributed by atoms with Gasteiger partial charge in [-0.2, -0.15) is 0 Å². The lowest BCUT2D eigenvalue weighted by atomic mass is 9.64. The van der Waals surface area contributed by atoms with Gasteiger partial charge in [0.05, 0.1) is 12.0 Å². The van der Waals surface area contributed by atoms with Crippen molar-refractivity contribution in [2.24, 2.45) is 11.8 Å². The number of amides is 1. The second kappa shape index (κ2) is 5.23. The van der Waals surface area contributed by atoms with Crippen molar-refractivity contribution in [1.82, 2.24) is 5.32 Å². The third-order valence-corrected chi connectivity index (χ3v) is 5.46. The average molecular weight is 305 g/mol. The largest absolute Gasteiger partial charge is 0.453 e. The average Bonchev–Trinajstić information content (AvgIpc) is 2.69. The number of carbonyl (C=O) groups is 2. The van der Waals surface area contributed by atoms with E-state index in [-0.39, 0.29) is 11.8 Å². The highest BCUT2D eigenvalue weighted by atomic mass is 16.6. The molecule has 3 rings (SSSR count). The quantitative estimate of drug-likeness (QED) is 0.609. The van der Waals surface area contributed by atoms with Crippen molar-refractivity contribution < 1.29 is 19.4 Å². The molecule has 2 saturated heterocycles. The summed E-state index contributed by atoms with van der Waals surface area (Å²) in [6.45, 7) is 3.65. The van der Waals surface area contributed by atoms with Crippen LogP contribution in [-0.2, 0) is 14.3 Å². The zero-order valence-corrected chi connectivity index (χ0v) is 13.0. The number of aliphatic hydroxyl groups excluding tert-OH is 1. The molecule has 5 atom stereocenters. The Kier molecular flexibility index (Phi) is 3.63. The van der Waals surface area contributed by atoms with Crippen molar-refractivity contribution >= 4 is 11.9 Å². The van der Waals surface area contributed by atoms with E-state index in [0.29, 0.717) is 6.42 Å². The second-order valence-electron chi connectivity index (χ2n) is 6.62. The van der Waals surface area contributed by atoms with Crippen LogP contribution >= 0.6 is 0 Å². The van der Waals surface area contributed by atoms with Gasteiger partial charge in [-0.25, -0.2) is 4.79 Å². The van der Waals surface area contributed by atoms with Gasteiger partial charge < -0.3 is 15.2 Å². The molecule has 22 heavy (non-hydrogen) atoms. The zero-order chi connectivity index (χ0) is 16.0. The molecule has 0 aromatic carbocycles. The van der Waals surface area contributed by atoms with E-state index in [1.54, 1.807) is 6.92 Å². The summed E-state index contributed by atoms with van der Waals surface area (Å²) in [7, 11) is 0. The number of allylic oxidation sites excluding steroid dienone is 3. The molecule has 5 heteroatoms. The SMILES string of the molecule is C/C=C/C[C@H]1C(=O)N[C@@]2([C@@H](O)[C@@H]3C=CCCC3)C(=O)O[C@@]12C. The van der Waals surface area contributed by atoms with Crippen LogP contribution in [0.1, 0.15) is 39.5 Å². The summed E-state index contributed by atoms with van der Waals surface area (Å²) < 4.78 is 5.41. The van der Waals surface area contributed by atoms with Crippen molar-refractivity contribution in [2.75, 3.05) is 0 Å². The van der Waals surface area contributed by atoms with Crippen molar-refractivity contribution in [3.8, 4) is 0 Å². The summed E-state index contributed by atoms with van der Waals surface area (Å²) >= 11 is 0. The molecule has 0 aromatic rings. The van der Waals surface area contributed by atoms with Gasteiger partial charge >= 0.3 is 5.97 Å². The fourth-order valence-electron chi connectivity index (χ4n) is 4.08. The Bertz CT molecular complexity index is 555. The molecule has 0 spiro atoms. The van der Waals surface area contributed by atoms with Gasteiger partial charge in [-0.1, -0.05) is 24.3 Å². The van der Waals surface area contributed by atoms with Crippen LogP contribution < -0.4 is 5.32 Å². The number of hydrogen-bond donors (Lipinski definition) is 2. The lowest BCUT2D eigenvalue weighted by molar-refractivity contribution is -0.237. The molecule has 2 heterocycles. The summed E-state index contributed by atoms with van der Waals surface area (Å²) in [6.07, 6.45) is 10.1. The first-order valence-electron chi connectivity index (χ1n) is 7.98. The van der Waals surface area contributed by atoms with E-state index >= 15 is 0 Å². The minimum absolute atomic E-state index is 0.123. The van der Waals surface area contributed by atoms with Crippen molar-refractivity contribution in [3.05, 3.63) is 24.3 Å². The van der Waals surface area contributed by atoms with Crippen LogP contribution in [0.5, 0.6) is 0 Å². The van der Waals surface area contributed by atoms with E-state index in [2.05, 4.69) is 5.32 Å². The molecule has 0 aromatic heterocycles. The van der Waals surface area contributed by atoms with Gasteiger partial charge in [-0.3, -0.25) is 4.79 Å². The monoisotopic (exact) mass is 305 g/mol. The minimum atomic E-state index is -1.30. The molecule has 5 nitrogen and oxygen atoms in total. The van der Waals surface area contributed by atoms with Gasteiger partial charge in [-0.05, 0) is 39.5 Å². The van der Waals surface area contributed by atoms with Crippen LogP contribution in [0.25, 0.3) is 0 Å². The first kappa shape index (κ1) is 15.3. The Morgan fingerprint density at radius 3 is 2.91 bits per heavy atom. The summed E-state index contributed by atoms with van der Waals surface area (Å²) in [5, 5.41) is 13.6. The maximum atomic E-state index is 12.4. The first-order valence-corrected chi connectivity index (χ1v) is 7.98. The number of esters is 1. The topological polar surface area (TPSA) is 75.6 Å². The minimum Gasteiger partial charge on any atom is -0.453 e. The molecule has 2 aliphatic heterocycles. The Balaban J connectivity index is 1.93. The molecule has 0 saturated carbocycles. The molecular formula is C17H23NO4. The second-order valence-corrected chi connectivity index (χ2v) is 6.62. The third kappa shape index (κ3) is 1.81. The number of carbonyl (C=O) groups excluding carboxylic acids is 2. The van der Waals surface area contributed by atoms with Crippen LogP contribution in [0.2, 0.25) is 0 Å². The highest BCUT2D eigenvalue weighted by Gasteiger charge is 2.79. The van der Waals surface area contributed by atoms with Crippen LogP contribution in [0.3, 0.4) is 0 Å². The zero-order valence-electron chi connectivity index (χ0n) is 13.0.